The van der Waals surface area contributed by atoms with Crippen molar-refractivity contribution in [1.82, 2.24) is 15.0 Å². The van der Waals surface area contributed by atoms with Gasteiger partial charge in [0.05, 0.1) is 0 Å². The molecule has 0 saturated heterocycles. The van der Waals surface area contributed by atoms with Crippen LogP contribution in [0.1, 0.15) is 68.9 Å². The Kier molecular flexibility index (Phi) is 7.77. The number of rotatable bonds is 7. The first-order valence-corrected chi connectivity index (χ1v) is 15.1. The Bertz CT molecular complexity index is 1740. The number of fused-ring (bicyclic) bond motifs is 2. The largest absolute Gasteiger partial charge is 0.337 e. The summed E-state index contributed by atoms with van der Waals surface area (Å²) in [5.41, 5.74) is 7.85. The predicted octanol–water partition coefficient (Wildman–Crippen LogP) is 9.52. The number of benzene rings is 4. The molecule has 4 aromatic carbocycles. The molecule has 1 aliphatic rings. The van der Waals surface area contributed by atoms with E-state index in [-0.39, 0.29) is 12.0 Å². The van der Waals surface area contributed by atoms with Crippen molar-refractivity contribution in [1.29, 1.82) is 0 Å². The van der Waals surface area contributed by atoms with Gasteiger partial charge in [-0.05, 0) is 49.6 Å². The maximum Gasteiger partial charge on any atom is 0.163 e. The van der Waals surface area contributed by atoms with Gasteiger partial charge in [0, 0.05) is 39.9 Å². The summed E-state index contributed by atoms with van der Waals surface area (Å²) in [5, 5.41) is 0. The van der Waals surface area contributed by atoms with Crippen LogP contribution in [0.5, 0.6) is 0 Å². The van der Waals surface area contributed by atoms with Crippen LogP contribution in [0, 0.1) is 0 Å². The molecule has 0 saturated carbocycles. The average molecular weight is 563 g/mol. The van der Waals surface area contributed by atoms with Crippen molar-refractivity contribution < 1.29 is 0 Å². The Morgan fingerprint density at radius 2 is 1.28 bits per heavy atom. The second kappa shape index (κ2) is 11.8. The molecule has 4 heteroatoms. The first-order valence-electron chi connectivity index (χ1n) is 15.1. The van der Waals surface area contributed by atoms with Crippen molar-refractivity contribution >= 4 is 16.9 Å². The molecule has 1 unspecified atom stereocenters. The standard InChI is InChI=1S/C39H38N4/c1-6-18-28(7-2)36-40-37(30-21-12-9-13-22-30)42-38(41-36)39(4,5)27(3)43-33-25-16-14-23-31(33)35(29-19-10-8-11-20-29)32-24-15-17-26-34(32)43/h6-27,35H,1-5H3/b18-6-,28-7+. The zero-order valence-corrected chi connectivity index (χ0v) is 25.6. The number of hydrogen-bond donors (Lipinski definition) is 0. The van der Waals surface area contributed by atoms with Gasteiger partial charge < -0.3 is 4.90 Å². The van der Waals surface area contributed by atoms with Crippen LogP contribution in [0.15, 0.2) is 127 Å². The average Bonchev–Trinajstić information content (AvgIpc) is 3.06. The smallest absolute Gasteiger partial charge is 0.163 e. The molecule has 0 bridgehead atoms. The highest BCUT2D eigenvalue weighted by atomic mass is 15.2. The molecule has 0 spiro atoms. The van der Waals surface area contributed by atoms with Gasteiger partial charge in [-0.15, -0.1) is 0 Å². The molecule has 43 heavy (non-hydrogen) atoms. The molecule has 6 rings (SSSR count). The van der Waals surface area contributed by atoms with Gasteiger partial charge in [-0.3, -0.25) is 0 Å². The van der Waals surface area contributed by atoms with E-state index in [0.29, 0.717) is 11.6 Å². The molecule has 4 nitrogen and oxygen atoms in total. The van der Waals surface area contributed by atoms with Crippen LogP contribution in [0.25, 0.3) is 17.0 Å². The van der Waals surface area contributed by atoms with Gasteiger partial charge in [-0.1, -0.05) is 129 Å². The Morgan fingerprint density at radius 1 is 0.721 bits per heavy atom. The number of aromatic nitrogens is 3. The van der Waals surface area contributed by atoms with Gasteiger partial charge in [0.25, 0.3) is 0 Å². The normalized spacial score (nSPS) is 14.4. The lowest BCUT2D eigenvalue weighted by Gasteiger charge is -2.46. The summed E-state index contributed by atoms with van der Waals surface area (Å²) in [6.07, 6.45) is 6.15. The van der Waals surface area contributed by atoms with E-state index in [0.717, 1.165) is 17.0 Å². The quantitative estimate of drug-likeness (QED) is 0.185. The molecule has 1 aromatic heterocycles. The summed E-state index contributed by atoms with van der Waals surface area (Å²) in [6, 6.07) is 38.7. The SMILES string of the molecule is C/C=C\C(=C/C)c1nc(-c2ccccc2)nc(C(C)(C)C(C)N2c3ccccc3C(c3ccccc3)c3ccccc32)n1. The number of hydrogen-bond acceptors (Lipinski definition) is 4. The maximum absolute atomic E-state index is 5.14. The topological polar surface area (TPSA) is 41.9 Å². The molecule has 214 valence electrons. The molecular formula is C39H38N4. The zero-order chi connectivity index (χ0) is 30.0. The summed E-state index contributed by atoms with van der Waals surface area (Å²) in [7, 11) is 0. The van der Waals surface area contributed by atoms with E-state index in [1.807, 2.05) is 38.1 Å². The molecular weight excluding hydrogens is 524 g/mol. The molecule has 0 radical (unpaired) electrons. The highest BCUT2D eigenvalue weighted by molar-refractivity contribution is 5.79. The molecule has 1 atom stereocenters. The monoisotopic (exact) mass is 562 g/mol. The molecule has 0 N–H and O–H groups in total. The fourth-order valence-corrected chi connectivity index (χ4v) is 6.12. The van der Waals surface area contributed by atoms with Crippen LogP contribution in [-0.2, 0) is 5.41 Å². The summed E-state index contributed by atoms with van der Waals surface area (Å²) < 4.78 is 0. The third-order valence-corrected chi connectivity index (χ3v) is 8.74. The van der Waals surface area contributed by atoms with Gasteiger partial charge in [-0.2, -0.15) is 0 Å². The Morgan fingerprint density at radius 3 is 1.86 bits per heavy atom. The molecule has 0 amide bonds. The highest BCUT2D eigenvalue weighted by Crippen LogP contribution is 2.50. The van der Waals surface area contributed by atoms with Crippen LogP contribution in [0.4, 0.5) is 11.4 Å². The van der Waals surface area contributed by atoms with Crippen LogP contribution in [0.2, 0.25) is 0 Å². The van der Waals surface area contributed by atoms with Crippen LogP contribution >= 0.6 is 0 Å². The lowest BCUT2D eigenvalue weighted by molar-refractivity contribution is 0.401. The van der Waals surface area contributed by atoms with Crippen molar-refractivity contribution in [3.8, 4) is 11.4 Å². The predicted molar refractivity (Wildman–Crippen MR) is 179 cm³/mol. The van der Waals surface area contributed by atoms with Crippen molar-refractivity contribution in [2.24, 2.45) is 0 Å². The third kappa shape index (κ3) is 5.18. The second-order valence-corrected chi connectivity index (χ2v) is 11.6. The lowest BCUT2D eigenvalue weighted by Crippen LogP contribution is -2.46. The van der Waals surface area contributed by atoms with E-state index < -0.39 is 5.41 Å². The Labute approximate surface area is 255 Å². The minimum Gasteiger partial charge on any atom is -0.337 e. The van der Waals surface area contributed by atoms with Crippen molar-refractivity contribution in [3.63, 3.8) is 0 Å². The van der Waals surface area contributed by atoms with Gasteiger partial charge >= 0.3 is 0 Å². The molecule has 5 aromatic rings. The van der Waals surface area contributed by atoms with Gasteiger partial charge in [-0.25, -0.2) is 15.0 Å². The van der Waals surface area contributed by atoms with Crippen LogP contribution in [-0.4, -0.2) is 21.0 Å². The number of anilines is 2. The van der Waals surface area contributed by atoms with Gasteiger partial charge in [0.2, 0.25) is 0 Å². The van der Waals surface area contributed by atoms with E-state index in [4.69, 9.17) is 15.0 Å². The summed E-state index contributed by atoms with van der Waals surface area (Å²) >= 11 is 0. The van der Waals surface area contributed by atoms with E-state index in [2.05, 4.69) is 129 Å². The van der Waals surface area contributed by atoms with E-state index >= 15 is 0 Å². The third-order valence-electron chi connectivity index (χ3n) is 8.74. The molecule has 1 aliphatic heterocycles. The summed E-state index contributed by atoms with van der Waals surface area (Å²) in [4.78, 5) is 17.7. The maximum atomic E-state index is 5.14. The summed E-state index contributed by atoms with van der Waals surface area (Å²) in [6.45, 7) is 10.9. The number of allylic oxidation sites excluding steroid dienone is 4. The Balaban J connectivity index is 1.51. The van der Waals surface area contributed by atoms with E-state index in [1.54, 1.807) is 0 Å². The van der Waals surface area contributed by atoms with Crippen molar-refractivity contribution in [2.75, 3.05) is 4.90 Å². The Hall–Kier alpha value is -4.83. The van der Waals surface area contributed by atoms with Crippen LogP contribution < -0.4 is 4.90 Å². The highest BCUT2D eigenvalue weighted by Gasteiger charge is 2.41. The van der Waals surface area contributed by atoms with E-state index in [9.17, 15) is 0 Å². The van der Waals surface area contributed by atoms with Crippen molar-refractivity contribution in [2.45, 2.75) is 52.0 Å². The first kappa shape index (κ1) is 28.3. The first-order chi connectivity index (χ1) is 20.9. The fraction of sp³-hybridized carbons (Fsp3) is 0.205. The van der Waals surface area contributed by atoms with E-state index in [1.165, 1.54) is 28.1 Å². The fourth-order valence-electron chi connectivity index (χ4n) is 6.12. The minimum absolute atomic E-state index is 0.0150. The minimum atomic E-state index is -0.449. The van der Waals surface area contributed by atoms with Crippen molar-refractivity contribution in [3.05, 3.63) is 156 Å². The van der Waals surface area contributed by atoms with Crippen LogP contribution in [0.3, 0.4) is 0 Å². The van der Waals surface area contributed by atoms with Gasteiger partial charge in [0.15, 0.2) is 11.6 Å². The zero-order valence-electron chi connectivity index (χ0n) is 25.6. The number of nitrogens with zero attached hydrogens (tertiary/aromatic N) is 4. The van der Waals surface area contributed by atoms with Gasteiger partial charge in [0.1, 0.15) is 5.82 Å². The lowest BCUT2D eigenvalue weighted by atomic mass is 9.77. The molecule has 2 heterocycles. The second-order valence-electron chi connectivity index (χ2n) is 11.6. The summed E-state index contributed by atoms with van der Waals surface area (Å²) in [5.74, 6) is 2.31. The molecule has 0 fully saturated rings. The molecule has 0 aliphatic carbocycles. The number of para-hydroxylation sites is 2.